The van der Waals surface area contributed by atoms with Gasteiger partial charge in [0.15, 0.2) is 6.61 Å². The van der Waals surface area contributed by atoms with Crippen LogP contribution < -0.4 is 10.1 Å². The number of aryl methyl sites for hydroxylation is 1. The van der Waals surface area contributed by atoms with Crippen molar-refractivity contribution < 1.29 is 19.1 Å². The second kappa shape index (κ2) is 11.7. The highest BCUT2D eigenvalue weighted by molar-refractivity contribution is 5.92. The Morgan fingerprint density at radius 2 is 1.70 bits per heavy atom. The second-order valence-corrected chi connectivity index (χ2v) is 6.27. The highest BCUT2D eigenvalue weighted by atomic mass is 16.5. The minimum Gasteiger partial charge on any atom is -0.494 e. The van der Waals surface area contributed by atoms with E-state index in [9.17, 15) is 9.59 Å². The van der Waals surface area contributed by atoms with Crippen molar-refractivity contribution in [3.8, 4) is 5.75 Å². The van der Waals surface area contributed by atoms with E-state index in [0.717, 1.165) is 25.0 Å². The molecule has 5 heteroatoms. The van der Waals surface area contributed by atoms with Crippen LogP contribution in [0.3, 0.4) is 0 Å². The van der Waals surface area contributed by atoms with Gasteiger partial charge in [0.25, 0.3) is 5.91 Å². The number of esters is 1. The van der Waals surface area contributed by atoms with E-state index in [1.807, 2.05) is 54.6 Å². The molecule has 0 radical (unpaired) electrons. The molecule has 1 N–H and O–H groups in total. The fourth-order valence-corrected chi connectivity index (χ4v) is 2.47. The standard InChI is InChI=1S/C22H27NO4/c1-2-3-8-18-12-14-19(15-13-18)23-21(24)17-27-22(25)11-7-16-26-20-9-5-4-6-10-20/h4-6,9-10,12-15H,2-3,7-8,11,16-17H2,1H3,(H,23,24). The highest BCUT2D eigenvalue weighted by Crippen LogP contribution is 2.12. The number of rotatable bonds is 11. The smallest absolute Gasteiger partial charge is 0.306 e. The van der Waals surface area contributed by atoms with E-state index >= 15 is 0 Å². The van der Waals surface area contributed by atoms with E-state index in [4.69, 9.17) is 9.47 Å². The molecule has 0 heterocycles. The number of unbranched alkanes of at least 4 members (excludes halogenated alkanes) is 1. The lowest BCUT2D eigenvalue weighted by atomic mass is 10.1. The van der Waals surface area contributed by atoms with Gasteiger partial charge in [0.05, 0.1) is 6.61 Å². The third-order valence-corrected chi connectivity index (χ3v) is 3.96. The molecule has 0 aliphatic heterocycles. The Labute approximate surface area is 160 Å². The van der Waals surface area contributed by atoms with Crippen molar-refractivity contribution in [2.45, 2.75) is 39.0 Å². The third kappa shape index (κ3) is 8.40. The fourth-order valence-electron chi connectivity index (χ4n) is 2.47. The van der Waals surface area contributed by atoms with Crippen LogP contribution in [0.4, 0.5) is 5.69 Å². The summed E-state index contributed by atoms with van der Waals surface area (Å²) in [6.45, 7) is 2.30. The Hall–Kier alpha value is -2.82. The monoisotopic (exact) mass is 369 g/mol. The molecular formula is C22H27NO4. The number of hydrogen-bond donors (Lipinski definition) is 1. The summed E-state index contributed by atoms with van der Waals surface area (Å²) < 4.78 is 10.5. The molecule has 5 nitrogen and oxygen atoms in total. The van der Waals surface area contributed by atoms with E-state index in [0.29, 0.717) is 18.7 Å². The molecule has 0 saturated carbocycles. The largest absolute Gasteiger partial charge is 0.494 e. The van der Waals surface area contributed by atoms with Crippen LogP contribution in [-0.2, 0) is 20.7 Å². The average molecular weight is 369 g/mol. The number of nitrogens with one attached hydrogen (secondary N) is 1. The SMILES string of the molecule is CCCCc1ccc(NC(=O)COC(=O)CCCOc2ccccc2)cc1. The number of hydrogen-bond acceptors (Lipinski definition) is 4. The molecule has 0 unspecified atom stereocenters. The summed E-state index contributed by atoms with van der Waals surface area (Å²) in [5.74, 6) is 0.0212. The maximum atomic E-state index is 11.9. The molecular weight excluding hydrogens is 342 g/mol. The molecule has 27 heavy (non-hydrogen) atoms. The van der Waals surface area contributed by atoms with Crippen LogP contribution in [0.25, 0.3) is 0 Å². The molecule has 2 aromatic carbocycles. The van der Waals surface area contributed by atoms with Gasteiger partial charge in [-0.1, -0.05) is 43.7 Å². The van der Waals surface area contributed by atoms with Crippen LogP contribution in [0, 0.1) is 0 Å². The molecule has 0 fully saturated rings. The molecule has 1 amide bonds. The maximum absolute atomic E-state index is 11.9. The van der Waals surface area contributed by atoms with Gasteiger partial charge >= 0.3 is 5.97 Å². The van der Waals surface area contributed by atoms with Gasteiger partial charge in [-0.25, -0.2) is 0 Å². The second-order valence-electron chi connectivity index (χ2n) is 6.27. The summed E-state index contributed by atoms with van der Waals surface area (Å²) in [6, 6.07) is 17.2. The summed E-state index contributed by atoms with van der Waals surface area (Å²) in [4.78, 5) is 23.6. The van der Waals surface area contributed by atoms with Crippen molar-refractivity contribution in [2.75, 3.05) is 18.5 Å². The van der Waals surface area contributed by atoms with Gasteiger partial charge in [0.2, 0.25) is 0 Å². The number of para-hydroxylation sites is 1. The first-order valence-electron chi connectivity index (χ1n) is 9.39. The minimum atomic E-state index is -0.406. The van der Waals surface area contributed by atoms with Crippen LogP contribution in [0.1, 0.15) is 38.2 Å². The van der Waals surface area contributed by atoms with Gasteiger partial charge in [0.1, 0.15) is 5.75 Å². The molecule has 0 aliphatic carbocycles. The van der Waals surface area contributed by atoms with Gasteiger partial charge in [-0.3, -0.25) is 9.59 Å². The molecule has 0 spiro atoms. The van der Waals surface area contributed by atoms with Gasteiger partial charge in [-0.05, 0) is 49.1 Å². The Balaban J connectivity index is 1.59. The number of benzene rings is 2. The summed E-state index contributed by atoms with van der Waals surface area (Å²) in [5, 5.41) is 2.73. The molecule has 0 saturated heterocycles. The van der Waals surface area contributed by atoms with E-state index < -0.39 is 5.97 Å². The number of carbonyl (C=O) groups excluding carboxylic acids is 2. The zero-order chi connectivity index (χ0) is 19.3. The van der Waals surface area contributed by atoms with E-state index in [2.05, 4.69) is 12.2 Å². The number of amides is 1. The van der Waals surface area contributed by atoms with Crippen molar-refractivity contribution >= 4 is 17.6 Å². The Morgan fingerprint density at radius 3 is 2.41 bits per heavy atom. The molecule has 0 bridgehead atoms. The van der Waals surface area contributed by atoms with Crippen molar-refractivity contribution in [1.29, 1.82) is 0 Å². The van der Waals surface area contributed by atoms with Crippen LogP contribution in [0.5, 0.6) is 5.75 Å². The third-order valence-electron chi connectivity index (χ3n) is 3.96. The Kier molecular flexibility index (Phi) is 8.90. The Bertz CT molecular complexity index is 698. The minimum absolute atomic E-state index is 0.215. The quantitative estimate of drug-likeness (QED) is 0.472. The normalized spacial score (nSPS) is 10.3. The van der Waals surface area contributed by atoms with Gasteiger partial charge in [-0.2, -0.15) is 0 Å². The highest BCUT2D eigenvalue weighted by Gasteiger charge is 2.08. The molecule has 0 atom stereocenters. The lowest BCUT2D eigenvalue weighted by molar-refractivity contribution is -0.147. The number of anilines is 1. The molecule has 2 rings (SSSR count). The molecule has 144 valence electrons. The lowest BCUT2D eigenvalue weighted by Crippen LogP contribution is -2.21. The molecule has 0 aliphatic rings. The zero-order valence-corrected chi connectivity index (χ0v) is 15.8. The van der Waals surface area contributed by atoms with Gasteiger partial charge < -0.3 is 14.8 Å². The fraction of sp³-hybridized carbons (Fsp3) is 0.364. The summed E-state index contributed by atoms with van der Waals surface area (Å²) in [7, 11) is 0. The average Bonchev–Trinajstić information content (AvgIpc) is 2.70. The first kappa shape index (κ1) is 20.5. The predicted octanol–water partition coefficient (Wildman–Crippen LogP) is 4.37. The van der Waals surface area contributed by atoms with Crippen LogP contribution in [0.2, 0.25) is 0 Å². The lowest BCUT2D eigenvalue weighted by Gasteiger charge is -2.08. The van der Waals surface area contributed by atoms with E-state index in [1.54, 1.807) is 0 Å². The van der Waals surface area contributed by atoms with Gasteiger partial charge in [-0.15, -0.1) is 0 Å². The number of carbonyl (C=O) groups is 2. The predicted molar refractivity (Wildman–Crippen MR) is 106 cm³/mol. The molecule has 2 aromatic rings. The first-order chi connectivity index (χ1) is 13.2. The van der Waals surface area contributed by atoms with Crippen molar-refractivity contribution in [2.24, 2.45) is 0 Å². The summed E-state index contributed by atoms with van der Waals surface area (Å²) in [5.41, 5.74) is 1.95. The zero-order valence-electron chi connectivity index (χ0n) is 15.8. The number of ether oxygens (including phenoxy) is 2. The van der Waals surface area contributed by atoms with Crippen LogP contribution >= 0.6 is 0 Å². The summed E-state index contributed by atoms with van der Waals surface area (Å²) >= 11 is 0. The summed E-state index contributed by atoms with van der Waals surface area (Å²) in [6.07, 6.45) is 4.09. The van der Waals surface area contributed by atoms with E-state index in [1.165, 1.54) is 5.56 Å². The van der Waals surface area contributed by atoms with Crippen molar-refractivity contribution in [1.82, 2.24) is 0 Å². The maximum Gasteiger partial charge on any atom is 0.306 e. The van der Waals surface area contributed by atoms with Crippen LogP contribution in [-0.4, -0.2) is 25.1 Å². The van der Waals surface area contributed by atoms with Crippen molar-refractivity contribution in [3.05, 3.63) is 60.2 Å². The van der Waals surface area contributed by atoms with E-state index in [-0.39, 0.29) is 18.9 Å². The van der Waals surface area contributed by atoms with Gasteiger partial charge in [0, 0.05) is 12.1 Å². The molecule has 0 aromatic heterocycles. The Morgan fingerprint density at radius 1 is 0.963 bits per heavy atom. The van der Waals surface area contributed by atoms with Crippen molar-refractivity contribution in [3.63, 3.8) is 0 Å². The topological polar surface area (TPSA) is 64.6 Å². The first-order valence-corrected chi connectivity index (χ1v) is 9.39. The van der Waals surface area contributed by atoms with Crippen LogP contribution in [0.15, 0.2) is 54.6 Å².